The largest absolute Gasteiger partial charge is 0.381 e. The molecule has 0 atom stereocenters. The van der Waals surface area contributed by atoms with E-state index in [4.69, 9.17) is 9.47 Å². The number of carbonyl (C=O) groups excluding carboxylic acids is 1. The first kappa shape index (κ1) is 18.2. The Balaban J connectivity index is 1.41. The summed E-state index contributed by atoms with van der Waals surface area (Å²) in [6.07, 6.45) is 6.78. The lowest BCUT2D eigenvalue weighted by Crippen LogP contribution is -2.55. The summed E-state index contributed by atoms with van der Waals surface area (Å²) in [5.41, 5.74) is 1.51. The Bertz CT molecular complexity index is 718. The molecule has 1 N–H and O–H groups in total. The van der Waals surface area contributed by atoms with Gasteiger partial charge in [-0.3, -0.25) is 4.79 Å². The number of ether oxygens (including phenoxy) is 2. The van der Waals surface area contributed by atoms with Gasteiger partial charge in [0.15, 0.2) is 5.60 Å². The van der Waals surface area contributed by atoms with E-state index in [9.17, 15) is 4.79 Å². The van der Waals surface area contributed by atoms with E-state index in [0.29, 0.717) is 38.6 Å². The molecule has 0 saturated carbocycles. The number of amides is 1. The molecule has 0 aliphatic carbocycles. The number of benzene rings is 1. The van der Waals surface area contributed by atoms with Crippen LogP contribution in [-0.2, 0) is 20.9 Å². The molecule has 3 heterocycles. The molecule has 4 rings (SSSR count). The molecule has 1 aromatic carbocycles. The second-order valence-electron chi connectivity index (χ2n) is 7.45. The molecule has 2 saturated heterocycles. The Kier molecular flexibility index (Phi) is 5.55. The van der Waals surface area contributed by atoms with Crippen LogP contribution in [0.1, 0.15) is 42.9 Å². The maximum atomic E-state index is 13.4. The lowest BCUT2D eigenvalue weighted by molar-refractivity contribution is -0.175. The number of aromatic amines is 1. The van der Waals surface area contributed by atoms with Gasteiger partial charge in [-0.1, -0.05) is 30.3 Å². The molecular weight excluding hydrogens is 342 g/mol. The van der Waals surface area contributed by atoms with Gasteiger partial charge in [0.1, 0.15) is 0 Å². The molecule has 6 nitrogen and oxygen atoms in total. The van der Waals surface area contributed by atoms with E-state index in [-0.39, 0.29) is 5.91 Å². The summed E-state index contributed by atoms with van der Waals surface area (Å²) in [4.78, 5) is 22.7. The fraction of sp³-hybridized carbons (Fsp3) is 0.524. The van der Waals surface area contributed by atoms with Crippen molar-refractivity contribution in [3.63, 3.8) is 0 Å². The molecule has 6 heteroatoms. The van der Waals surface area contributed by atoms with Crippen molar-refractivity contribution in [3.8, 4) is 0 Å². The van der Waals surface area contributed by atoms with Crippen molar-refractivity contribution in [2.45, 2.75) is 43.8 Å². The Hall–Kier alpha value is -2.18. The summed E-state index contributed by atoms with van der Waals surface area (Å²) in [5, 5.41) is 0. The molecule has 0 bridgehead atoms. The summed E-state index contributed by atoms with van der Waals surface area (Å²) in [6.45, 7) is 3.13. The van der Waals surface area contributed by atoms with Gasteiger partial charge < -0.3 is 19.4 Å². The molecule has 0 radical (unpaired) electrons. The van der Waals surface area contributed by atoms with E-state index in [1.54, 1.807) is 6.33 Å². The first-order valence-corrected chi connectivity index (χ1v) is 9.80. The van der Waals surface area contributed by atoms with Crippen LogP contribution in [0.2, 0.25) is 0 Å². The number of aromatic nitrogens is 2. The van der Waals surface area contributed by atoms with Crippen LogP contribution in [0.4, 0.5) is 0 Å². The Morgan fingerprint density at radius 3 is 2.63 bits per heavy atom. The van der Waals surface area contributed by atoms with Gasteiger partial charge in [0.05, 0.1) is 12.9 Å². The van der Waals surface area contributed by atoms with Crippen molar-refractivity contribution in [1.29, 1.82) is 0 Å². The van der Waals surface area contributed by atoms with E-state index in [2.05, 4.69) is 9.97 Å². The molecule has 144 valence electrons. The lowest BCUT2D eigenvalue weighted by atomic mass is 9.89. The highest BCUT2D eigenvalue weighted by Gasteiger charge is 2.44. The van der Waals surface area contributed by atoms with Crippen molar-refractivity contribution in [3.05, 3.63) is 54.1 Å². The quantitative estimate of drug-likeness (QED) is 0.880. The zero-order valence-corrected chi connectivity index (χ0v) is 15.6. The standard InChI is InChI=1S/C21H27N3O3/c25-20(24-10-6-18(7-11-24)19-14-22-16-23-19)21(8-12-26-13-9-21)27-15-17-4-2-1-3-5-17/h1-5,14,16,18H,6-13,15H2,(H,22,23). The number of H-pyrrole nitrogens is 1. The minimum Gasteiger partial charge on any atom is -0.381 e. The molecule has 1 aromatic heterocycles. The van der Waals surface area contributed by atoms with Crippen molar-refractivity contribution in [1.82, 2.24) is 14.9 Å². The molecule has 2 aromatic rings. The second kappa shape index (κ2) is 8.23. The average Bonchev–Trinajstić information content (AvgIpc) is 3.28. The normalized spacial score (nSPS) is 20.5. The van der Waals surface area contributed by atoms with Gasteiger partial charge in [0.25, 0.3) is 5.91 Å². The van der Waals surface area contributed by atoms with E-state index in [1.807, 2.05) is 41.4 Å². The molecule has 2 fully saturated rings. The number of piperidine rings is 1. The molecule has 2 aliphatic heterocycles. The van der Waals surface area contributed by atoms with Gasteiger partial charge in [-0.2, -0.15) is 0 Å². The topological polar surface area (TPSA) is 67.5 Å². The summed E-state index contributed by atoms with van der Waals surface area (Å²) >= 11 is 0. The number of carbonyl (C=O) groups is 1. The smallest absolute Gasteiger partial charge is 0.255 e. The Labute approximate surface area is 159 Å². The van der Waals surface area contributed by atoms with Crippen LogP contribution in [0, 0.1) is 0 Å². The van der Waals surface area contributed by atoms with Gasteiger partial charge in [-0.15, -0.1) is 0 Å². The molecular formula is C21H27N3O3. The minimum atomic E-state index is -0.755. The predicted octanol–water partition coefficient (Wildman–Crippen LogP) is 2.88. The summed E-state index contributed by atoms with van der Waals surface area (Å²) in [7, 11) is 0. The highest BCUT2D eigenvalue weighted by Crippen LogP contribution is 2.32. The number of imidazole rings is 1. The average molecular weight is 369 g/mol. The third kappa shape index (κ3) is 4.06. The number of nitrogens with zero attached hydrogens (tertiary/aromatic N) is 2. The third-order valence-corrected chi connectivity index (χ3v) is 5.79. The number of nitrogens with one attached hydrogen (secondary N) is 1. The van der Waals surface area contributed by atoms with Crippen LogP contribution >= 0.6 is 0 Å². The highest BCUT2D eigenvalue weighted by atomic mass is 16.5. The van der Waals surface area contributed by atoms with E-state index >= 15 is 0 Å². The van der Waals surface area contributed by atoms with Crippen LogP contribution in [0.3, 0.4) is 0 Å². The summed E-state index contributed by atoms with van der Waals surface area (Å²) in [6, 6.07) is 10.1. The van der Waals surface area contributed by atoms with Gasteiger partial charge in [-0.05, 0) is 18.4 Å². The monoisotopic (exact) mass is 369 g/mol. The zero-order valence-electron chi connectivity index (χ0n) is 15.6. The fourth-order valence-electron chi connectivity index (χ4n) is 4.09. The van der Waals surface area contributed by atoms with Crippen molar-refractivity contribution in [2.24, 2.45) is 0 Å². The van der Waals surface area contributed by atoms with Crippen LogP contribution in [0.25, 0.3) is 0 Å². The van der Waals surface area contributed by atoms with Crippen LogP contribution in [-0.4, -0.2) is 52.7 Å². The molecule has 0 spiro atoms. The molecule has 2 aliphatic rings. The molecule has 0 unspecified atom stereocenters. The first-order chi connectivity index (χ1) is 13.3. The number of likely N-dealkylation sites (tertiary alicyclic amines) is 1. The van der Waals surface area contributed by atoms with Crippen molar-refractivity contribution in [2.75, 3.05) is 26.3 Å². The van der Waals surface area contributed by atoms with Crippen molar-refractivity contribution >= 4 is 5.91 Å². The molecule has 1 amide bonds. The van der Waals surface area contributed by atoms with E-state index in [0.717, 1.165) is 31.5 Å². The zero-order chi connectivity index (χ0) is 18.5. The Morgan fingerprint density at radius 1 is 1.22 bits per heavy atom. The minimum absolute atomic E-state index is 0.129. The fourth-order valence-corrected chi connectivity index (χ4v) is 4.09. The number of hydrogen-bond donors (Lipinski definition) is 1. The van der Waals surface area contributed by atoms with Gasteiger partial charge in [0.2, 0.25) is 0 Å². The maximum Gasteiger partial charge on any atom is 0.255 e. The van der Waals surface area contributed by atoms with Crippen LogP contribution < -0.4 is 0 Å². The van der Waals surface area contributed by atoms with Crippen molar-refractivity contribution < 1.29 is 14.3 Å². The first-order valence-electron chi connectivity index (χ1n) is 9.80. The Morgan fingerprint density at radius 2 is 1.96 bits per heavy atom. The SMILES string of the molecule is O=C(N1CCC(c2cnc[nH]2)CC1)C1(OCc2ccccc2)CCOCC1. The number of rotatable bonds is 5. The maximum absolute atomic E-state index is 13.4. The van der Waals surface area contributed by atoms with E-state index in [1.165, 1.54) is 5.69 Å². The number of hydrogen-bond acceptors (Lipinski definition) is 4. The third-order valence-electron chi connectivity index (χ3n) is 5.79. The van der Waals surface area contributed by atoms with Gasteiger partial charge in [0, 0.05) is 57.0 Å². The van der Waals surface area contributed by atoms with Crippen LogP contribution in [0.15, 0.2) is 42.9 Å². The van der Waals surface area contributed by atoms with E-state index < -0.39 is 5.60 Å². The van der Waals surface area contributed by atoms with Crippen LogP contribution in [0.5, 0.6) is 0 Å². The predicted molar refractivity (Wildman–Crippen MR) is 101 cm³/mol. The van der Waals surface area contributed by atoms with Gasteiger partial charge >= 0.3 is 0 Å². The van der Waals surface area contributed by atoms with Gasteiger partial charge in [-0.25, -0.2) is 4.98 Å². The second-order valence-corrected chi connectivity index (χ2v) is 7.45. The summed E-state index contributed by atoms with van der Waals surface area (Å²) in [5.74, 6) is 0.581. The molecule has 27 heavy (non-hydrogen) atoms. The lowest BCUT2D eigenvalue weighted by Gasteiger charge is -2.41. The summed E-state index contributed by atoms with van der Waals surface area (Å²) < 4.78 is 11.8. The highest BCUT2D eigenvalue weighted by molar-refractivity contribution is 5.85.